The van der Waals surface area contributed by atoms with Gasteiger partial charge in [0.25, 0.3) is 5.56 Å². The second-order valence-electron chi connectivity index (χ2n) is 8.72. The Hall–Kier alpha value is -2.66. The Morgan fingerprint density at radius 1 is 0.967 bits per heavy atom. The number of hydrogen-bond donors (Lipinski definition) is 0. The van der Waals surface area contributed by atoms with Gasteiger partial charge in [-0.2, -0.15) is 5.10 Å². The van der Waals surface area contributed by atoms with Gasteiger partial charge in [0.1, 0.15) is 5.75 Å². The van der Waals surface area contributed by atoms with E-state index in [9.17, 15) is 4.79 Å². The molecule has 2 aliphatic rings. The van der Waals surface area contributed by atoms with Crippen molar-refractivity contribution in [2.45, 2.75) is 38.1 Å². The lowest BCUT2D eigenvalue weighted by molar-refractivity contribution is 0.0708. The molecule has 0 N–H and O–H groups in total. The topological polar surface area (TPSA) is 47.4 Å². The van der Waals surface area contributed by atoms with Gasteiger partial charge < -0.3 is 9.64 Å². The number of rotatable bonds is 5. The van der Waals surface area contributed by atoms with E-state index in [0.29, 0.717) is 11.3 Å². The molecule has 0 unspecified atom stereocenters. The molecule has 2 aromatic carbocycles. The van der Waals surface area contributed by atoms with Gasteiger partial charge in [-0.15, -0.1) is 0 Å². The first-order valence-electron chi connectivity index (χ1n) is 11.1. The highest BCUT2D eigenvalue weighted by atomic mass is 16.5. The summed E-state index contributed by atoms with van der Waals surface area (Å²) < 4.78 is 7.52. The molecule has 156 valence electrons. The van der Waals surface area contributed by atoms with Crippen molar-refractivity contribution in [1.82, 2.24) is 14.7 Å². The molecule has 5 heteroatoms. The van der Waals surface area contributed by atoms with Crippen LogP contribution in [0.3, 0.4) is 0 Å². The van der Waals surface area contributed by atoms with Gasteiger partial charge in [0.05, 0.1) is 17.7 Å². The molecule has 1 saturated heterocycles. The van der Waals surface area contributed by atoms with Gasteiger partial charge in [-0.05, 0) is 75.0 Å². The minimum atomic E-state index is -0.0716. The summed E-state index contributed by atoms with van der Waals surface area (Å²) in [5.74, 6) is 1.55. The lowest BCUT2D eigenvalue weighted by atomic mass is 9.88. The van der Waals surface area contributed by atoms with Crippen LogP contribution >= 0.6 is 0 Å². The first-order valence-corrected chi connectivity index (χ1v) is 11.1. The molecule has 1 saturated carbocycles. The van der Waals surface area contributed by atoms with Crippen molar-refractivity contribution in [2.24, 2.45) is 13.0 Å². The van der Waals surface area contributed by atoms with E-state index in [0.717, 1.165) is 35.0 Å². The van der Waals surface area contributed by atoms with Crippen LogP contribution in [-0.4, -0.2) is 40.4 Å². The number of aryl methyl sites for hydroxylation is 1. The highest BCUT2D eigenvalue weighted by Crippen LogP contribution is 2.30. The molecular weight excluding hydrogens is 374 g/mol. The van der Waals surface area contributed by atoms with Gasteiger partial charge in [0.15, 0.2) is 0 Å². The van der Waals surface area contributed by atoms with Crippen LogP contribution in [0.15, 0.2) is 53.3 Å². The summed E-state index contributed by atoms with van der Waals surface area (Å²) in [6.07, 6.45) is 6.68. The quantitative estimate of drug-likeness (QED) is 0.639. The smallest absolute Gasteiger partial charge is 0.274 e. The zero-order valence-corrected chi connectivity index (χ0v) is 17.6. The molecular formula is C25H29N3O2. The normalized spacial score (nSPS) is 18.4. The second kappa shape index (κ2) is 8.23. The van der Waals surface area contributed by atoms with Gasteiger partial charge in [-0.1, -0.05) is 24.6 Å². The minimum absolute atomic E-state index is 0.0716. The monoisotopic (exact) mass is 403 g/mol. The number of fused-ring (bicyclic) bond motifs is 1. The predicted octanol–water partition coefficient (Wildman–Crippen LogP) is 4.24. The number of benzene rings is 2. The molecule has 0 amide bonds. The summed E-state index contributed by atoms with van der Waals surface area (Å²) in [6.45, 7) is 3.24. The lowest BCUT2D eigenvalue weighted by Crippen LogP contribution is -2.45. The van der Waals surface area contributed by atoms with E-state index in [1.54, 1.807) is 7.05 Å². The van der Waals surface area contributed by atoms with Crippen molar-refractivity contribution >= 4 is 10.8 Å². The highest BCUT2D eigenvalue weighted by molar-refractivity contribution is 5.93. The maximum absolute atomic E-state index is 12.4. The zero-order chi connectivity index (χ0) is 20.5. The van der Waals surface area contributed by atoms with E-state index < -0.39 is 0 Å². The van der Waals surface area contributed by atoms with Crippen LogP contribution in [0.1, 0.15) is 32.1 Å². The summed E-state index contributed by atoms with van der Waals surface area (Å²) in [6, 6.07) is 16.6. The highest BCUT2D eigenvalue weighted by Gasteiger charge is 2.28. The zero-order valence-electron chi connectivity index (χ0n) is 17.6. The van der Waals surface area contributed by atoms with Gasteiger partial charge in [0.2, 0.25) is 0 Å². The van der Waals surface area contributed by atoms with E-state index in [1.807, 2.05) is 48.5 Å². The fraction of sp³-hybridized carbons (Fsp3) is 0.440. The van der Waals surface area contributed by atoms with E-state index in [-0.39, 0.29) is 5.56 Å². The summed E-state index contributed by atoms with van der Waals surface area (Å²) in [5, 5.41) is 6.09. The number of hydrogen-bond acceptors (Lipinski definition) is 4. The maximum atomic E-state index is 12.4. The summed E-state index contributed by atoms with van der Waals surface area (Å²) in [5.41, 5.74) is 1.74. The van der Waals surface area contributed by atoms with Crippen LogP contribution < -0.4 is 10.3 Å². The molecule has 1 aliphatic heterocycles. The van der Waals surface area contributed by atoms with Crippen LogP contribution in [-0.2, 0) is 7.05 Å². The number of likely N-dealkylation sites (tertiary alicyclic amines) is 1. The molecule has 0 spiro atoms. The Morgan fingerprint density at radius 2 is 1.67 bits per heavy atom. The Labute approximate surface area is 177 Å². The number of nitrogens with zero attached hydrogens (tertiary/aromatic N) is 3. The number of piperidine rings is 1. The van der Waals surface area contributed by atoms with Crippen molar-refractivity contribution < 1.29 is 4.74 Å². The molecule has 5 rings (SSSR count). The van der Waals surface area contributed by atoms with E-state index in [2.05, 4.69) is 10.00 Å². The Kier molecular flexibility index (Phi) is 5.30. The molecule has 0 bridgehead atoms. The fourth-order valence-corrected chi connectivity index (χ4v) is 4.67. The Bertz CT molecular complexity index is 1080. The third-order valence-electron chi connectivity index (χ3n) is 6.81. The first kappa shape index (κ1) is 19.3. The lowest BCUT2D eigenvalue weighted by Gasteiger charge is -2.41. The molecule has 1 aromatic heterocycles. The Morgan fingerprint density at radius 3 is 2.33 bits per heavy atom. The molecule has 2 fully saturated rings. The summed E-state index contributed by atoms with van der Waals surface area (Å²) in [7, 11) is 1.70. The van der Waals surface area contributed by atoms with Crippen LogP contribution in [0.5, 0.6) is 5.75 Å². The van der Waals surface area contributed by atoms with Crippen molar-refractivity contribution in [2.75, 3.05) is 19.7 Å². The average Bonchev–Trinajstić information content (AvgIpc) is 2.75. The van der Waals surface area contributed by atoms with E-state index in [1.165, 1.54) is 49.9 Å². The van der Waals surface area contributed by atoms with E-state index >= 15 is 0 Å². The third-order valence-corrected chi connectivity index (χ3v) is 6.81. The van der Waals surface area contributed by atoms with Crippen molar-refractivity contribution in [3.05, 3.63) is 58.9 Å². The standard InChI is InChI=1S/C25H29N3O2/c1-27-25(29)23-8-3-2-7-22(23)24(26-27)19-9-11-21(12-10-19)30-17-18-13-15-28(16-14-18)20-5-4-6-20/h2-3,7-12,18,20H,4-6,13-17H2,1H3. The van der Waals surface area contributed by atoms with Crippen molar-refractivity contribution in [3.8, 4) is 17.0 Å². The van der Waals surface area contributed by atoms with Crippen molar-refractivity contribution in [3.63, 3.8) is 0 Å². The average molecular weight is 404 g/mol. The molecule has 1 aliphatic carbocycles. The second-order valence-corrected chi connectivity index (χ2v) is 8.72. The third kappa shape index (κ3) is 3.74. The van der Waals surface area contributed by atoms with Crippen LogP contribution in [0.2, 0.25) is 0 Å². The molecule has 30 heavy (non-hydrogen) atoms. The van der Waals surface area contributed by atoms with Gasteiger partial charge >= 0.3 is 0 Å². The number of aromatic nitrogens is 2. The molecule has 0 radical (unpaired) electrons. The predicted molar refractivity (Wildman–Crippen MR) is 120 cm³/mol. The molecule has 0 atom stereocenters. The van der Waals surface area contributed by atoms with Gasteiger partial charge in [0, 0.05) is 24.0 Å². The minimum Gasteiger partial charge on any atom is -0.493 e. The van der Waals surface area contributed by atoms with E-state index in [4.69, 9.17) is 4.74 Å². The SMILES string of the molecule is Cn1nc(-c2ccc(OCC3CCN(C4CCC4)CC3)cc2)c2ccccc2c1=O. The Balaban J connectivity index is 1.25. The molecule has 2 heterocycles. The van der Waals surface area contributed by atoms with Crippen LogP contribution in [0.4, 0.5) is 0 Å². The maximum Gasteiger partial charge on any atom is 0.274 e. The van der Waals surface area contributed by atoms with Crippen LogP contribution in [0, 0.1) is 5.92 Å². The fourth-order valence-electron chi connectivity index (χ4n) is 4.67. The number of ether oxygens (including phenoxy) is 1. The summed E-state index contributed by atoms with van der Waals surface area (Å²) in [4.78, 5) is 15.0. The first-order chi connectivity index (χ1) is 14.7. The van der Waals surface area contributed by atoms with Gasteiger partial charge in [-0.3, -0.25) is 4.79 Å². The molecule has 5 nitrogen and oxygen atoms in total. The van der Waals surface area contributed by atoms with Crippen LogP contribution in [0.25, 0.3) is 22.0 Å². The summed E-state index contributed by atoms with van der Waals surface area (Å²) >= 11 is 0. The van der Waals surface area contributed by atoms with Gasteiger partial charge in [-0.25, -0.2) is 4.68 Å². The molecule has 3 aromatic rings. The van der Waals surface area contributed by atoms with Crippen molar-refractivity contribution in [1.29, 1.82) is 0 Å². The largest absolute Gasteiger partial charge is 0.493 e.